The molecule has 2 rings (SSSR count). The number of hydrogen-bond donors (Lipinski definition) is 1. The van der Waals surface area contributed by atoms with E-state index in [0.29, 0.717) is 24.5 Å². The highest BCUT2D eigenvalue weighted by Gasteiger charge is 2.21. The molecule has 1 aliphatic rings. The van der Waals surface area contributed by atoms with E-state index in [4.69, 9.17) is 9.84 Å². The molecule has 0 spiro atoms. The van der Waals surface area contributed by atoms with E-state index in [-0.39, 0.29) is 12.4 Å². The average molecular weight is 248 g/mol. The molecule has 2 nitrogen and oxygen atoms in total. The molecule has 0 heterocycles. The van der Waals surface area contributed by atoms with Crippen LogP contribution in [0.15, 0.2) is 18.2 Å². The first kappa shape index (κ1) is 13.1. The van der Waals surface area contributed by atoms with Crippen LogP contribution in [-0.2, 0) is 11.3 Å². The van der Waals surface area contributed by atoms with E-state index in [1.54, 1.807) is 0 Å². The Morgan fingerprint density at radius 2 is 2.17 bits per heavy atom. The van der Waals surface area contributed by atoms with Crippen molar-refractivity contribution in [1.82, 2.24) is 0 Å². The van der Waals surface area contributed by atoms with Crippen molar-refractivity contribution in [1.29, 1.82) is 0 Å². The summed E-state index contributed by atoms with van der Waals surface area (Å²) in [5.41, 5.74) is 1.44. The van der Waals surface area contributed by atoms with E-state index in [1.165, 1.54) is 25.0 Å². The second kappa shape index (κ2) is 6.53. The third kappa shape index (κ3) is 4.48. The van der Waals surface area contributed by atoms with Crippen LogP contribution in [0.2, 0.25) is 0 Å². The number of ether oxygens (including phenoxy) is 1. The molecule has 3 heteroatoms. The van der Waals surface area contributed by atoms with Gasteiger partial charge in [-0.1, -0.05) is 11.8 Å². The third-order valence-electron chi connectivity index (χ3n) is 2.75. The number of hydrogen-bond acceptors (Lipinski definition) is 2. The second-order valence-corrected chi connectivity index (χ2v) is 4.58. The van der Waals surface area contributed by atoms with Crippen LogP contribution in [-0.4, -0.2) is 18.3 Å². The molecule has 0 amide bonds. The van der Waals surface area contributed by atoms with Gasteiger partial charge in [0.1, 0.15) is 5.82 Å². The highest BCUT2D eigenvalue weighted by molar-refractivity contribution is 5.37. The number of aliphatic hydroxyl groups excluding tert-OH is 1. The fourth-order valence-electron chi connectivity index (χ4n) is 1.65. The topological polar surface area (TPSA) is 29.5 Å². The maximum absolute atomic E-state index is 13.4. The molecule has 0 bridgehead atoms. The summed E-state index contributed by atoms with van der Waals surface area (Å²) in [7, 11) is 0. The summed E-state index contributed by atoms with van der Waals surface area (Å²) >= 11 is 0. The van der Waals surface area contributed by atoms with Gasteiger partial charge in [0.05, 0.1) is 13.2 Å². The molecule has 1 aliphatic carbocycles. The highest BCUT2D eigenvalue weighted by atomic mass is 19.1. The molecule has 0 aliphatic heterocycles. The Bertz CT molecular complexity index is 455. The molecule has 1 aromatic rings. The van der Waals surface area contributed by atoms with Crippen molar-refractivity contribution in [2.24, 2.45) is 5.92 Å². The number of aliphatic hydroxyl groups is 1. The van der Waals surface area contributed by atoms with Crippen LogP contribution in [0.25, 0.3) is 0 Å². The van der Waals surface area contributed by atoms with Crippen molar-refractivity contribution in [3.8, 4) is 11.8 Å². The molecule has 0 aromatic heterocycles. The predicted molar refractivity (Wildman–Crippen MR) is 67.4 cm³/mol. The second-order valence-electron chi connectivity index (χ2n) is 4.58. The largest absolute Gasteiger partial charge is 0.395 e. The molecule has 96 valence electrons. The van der Waals surface area contributed by atoms with Crippen molar-refractivity contribution in [2.45, 2.75) is 25.9 Å². The number of rotatable bonds is 5. The maximum Gasteiger partial charge on any atom is 0.124 e. The molecule has 0 atom stereocenters. The highest BCUT2D eigenvalue weighted by Crippen LogP contribution is 2.29. The van der Waals surface area contributed by atoms with Crippen molar-refractivity contribution in [2.75, 3.05) is 13.2 Å². The maximum atomic E-state index is 13.4. The van der Waals surface area contributed by atoms with Gasteiger partial charge in [-0.3, -0.25) is 0 Å². The molecule has 0 saturated heterocycles. The van der Waals surface area contributed by atoms with Crippen LogP contribution in [0, 0.1) is 23.6 Å². The Morgan fingerprint density at radius 1 is 1.33 bits per heavy atom. The van der Waals surface area contributed by atoms with Gasteiger partial charge in [0.15, 0.2) is 0 Å². The Labute approximate surface area is 107 Å². The van der Waals surface area contributed by atoms with Crippen LogP contribution >= 0.6 is 0 Å². The van der Waals surface area contributed by atoms with Gasteiger partial charge in [-0.05, 0) is 42.5 Å². The normalized spacial score (nSPS) is 14.1. The van der Waals surface area contributed by atoms with Crippen molar-refractivity contribution < 1.29 is 14.2 Å². The lowest BCUT2D eigenvalue weighted by Gasteiger charge is -2.04. The summed E-state index contributed by atoms with van der Waals surface area (Å²) in [5.74, 6) is 6.03. The van der Waals surface area contributed by atoms with E-state index in [2.05, 4.69) is 11.8 Å². The van der Waals surface area contributed by atoms with Gasteiger partial charge in [-0.15, -0.1) is 0 Å². The summed E-state index contributed by atoms with van der Waals surface area (Å²) < 4.78 is 18.9. The van der Waals surface area contributed by atoms with Crippen LogP contribution in [0.4, 0.5) is 4.39 Å². The van der Waals surface area contributed by atoms with Crippen molar-refractivity contribution in [3.05, 3.63) is 35.1 Å². The minimum atomic E-state index is -0.296. The molecule has 1 saturated carbocycles. The minimum Gasteiger partial charge on any atom is -0.395 e. The summed E-state index contributed by atoms with van der Waals surface area (Å²) in [6.45, 7) is 1.23. The molecular weight excluding hydrogens is 231 g/mol. The zero-order chi connectivity index (χ0) is 12.8. The molecule has 0 unspecified atom stereocenters. The molecule has 1 N–H and O–H groups in total. The van der Waals surface area contributed by atoms with E-state index in [1.807, 2.05) is 6.07 Å². The Hall–Kier alpha value is -1.37. The van der Waals surface area contributed by atoms with Gasteiger partial charge in [-0.25, -0.2) is 4.39 Å². The lowest BCUT2D eigenvalue weighted by atomic mass is 10.1. The van der Waals surface area contributed by atoms with E-state index >= 15 is 0 Å². The first-order chi connectivity index (χ1) is 8.78. The number of benzene rings is 1. The van der Waals surface area contributed by atoms with Crippen LogP contribution in [0.1, 0.15) is 30.4 Å². The molecule has 18 heavy (non-hydrogen) atoms. The van der Waals surface area contributed by atoms with Gasteiger partial charge < -0.3 is 9.84 Å². The average Bonchev–Trinajstić information content (AvgIpc) is 3.13. The van der Waals surface area contributed by atoms with Crippen molar-refractivity contribution >= 4 is 0 Å². The Kier molecular flexibility index (Phi) is 4.74. The smallest absolute Gasteiger partial charge is 0.124 e. The van der Waals surface area contributed by atoms with E-state index in [9.17, 15) is 4.39 Å². The molecule has 1 fully saturated rings. The first-order valence-electron chi connectivity index (χ1n) is 6.25. The predicted octanol–water partition coefficient (Wildman–Crippen LogP) is 2.49. The third-order valence-corrected chi connectivity index (χ3v) is 2.75. The van der Waals surface area contributed by atoms with Crippen LogP contribution in [0.3, 0.4) is 0 Å². The van der Waals surface area contributed by atoms with Gasteiger partial charge in [0, 0.05) is 18.6 Å². The number of halogens is 1. The zero-order valence-corrected chi connectivity index (χ0v) is 10.3. The monoisotopic (exact) mass is 248 g/mol. The van der Waals surface area contributed by atoms with E-state index in [0.717, 1.165) is 12.2 Å². The molecular formula is C15H17FO2. The first-order valence-corrected chi connectivity index (χ1v) is 6.25. The van der Waals surface area contributed by atoms with E-state index < -0.39 is 0 Å². The summed E-state index contributed by atoms with van der Waals surface area (Å²) in [5, 5.41) is 8.63. The Morgan fingerprint density at radius 3 is 2.89 bits per heavy atom. The summed E-state index contributed by atoms with van der Waals surface area (Å²) in [6, 6.07) is 4.71. The summed E-state index contributed by atoms with van der Waals surface area (Å²) in [6.07, 6.45) is 2.91. The SMILES string of the molecule is OCCC#Cc1cc(F)cc(COCC2CC2)c1. The van der Waals surface area contributed by atoms with Gasteiger partial charge in [-0.2, -0.15) is 0 Å². The minimum absolute atomic E-state index is 0.0275. The molecule has 0 radical (unpaired) electrons. The van der Waals surface area contributed by atoms with Crippen LogP contribution in [0.5, 0.6) is 0 Å². The van der Waals surface area contributed by atoms with Gasteiger partial charge in [0.25, 0.3) is 0 Å². The quantitative estimate of drug-likeness (QED) is 0.811. The fourth-order valence-corrected chi connectivity index (χ4v) is 1.65. The van der Waals surface area contributed by atoms with Crippen molar-refractivity contribution in [3.63, 3.8) is 0 Å². The lowest BCUT2D eigenvalue weighted by molar-refractivity contribution is 0.111. The van der Waals surface area contributed by atoms with Crippen LogP contribution < -0.4 is 0 Å². The van der Waals surface area contributed by atoms with Gasteiger partial charge >= 0.3 is 0 Å². The zero-order valence-electron chi connectivity index (χ0n) is 10.3. The fraction of sp³-hybridized carbons (Fsp3) is 0.467. The summed E-state index contributed by atoms with van der Waals surface area (Å²) in [4.78, 5) is 0. The lowest BCUT2D eigenvalue weighted by Crippen LogP contribution is -1.98. The standard InChI is InChI=1S/C15H17FO2/c16-15-8-13(3-1-2-6-17)7-14(9-15)11-18-10-12-4-5-12/h7-9,12,17H,2,4-6,10-11H2. The van der Waals surface area contributed by atoms with Gasteiger partial charge in [0.2, 0.25) is 0 Å². The Balaban J connectivity index is 1.94. The molecule has 1 aromatic carbocycles.